The van der Waals surface area contributed by atoms with Crippen LogP contribution >= 0.6 is 11.3 Å². The quantitative estimate of drug-likeness (QED) is 0.531. The van der Waals surface area contributed by atoms with E-state index in [2.05, 4.69) is 15.1 Å². The number of carbonyl (C=O) groups excluding carboxylic acids is 1. The molecule has 0 saturated carbocycles. The summed E-state index contributed by atoms with van der Waals surface area (Å²) in [4.78, 5) is 35.3. The van der Waals surface area contributed by atoms with E-state index in [1.54, 1.807) is 16.6 Å². The number of aryl methyl sites for hydroxylation is 2. The van der Waals surface area contributed by atoms with Crippen LogP contribution in [-0.4, -0.2) is 30.2 Å². The number of rotatable bonds is 4. The highest BCUT2D eigenvalue weighted by Gasteiger charge is 2.18. The van der Waals surface area contributed by atoms with Crippen LogP contribution < -0.4 is 10.5 Å². The Kier molecular flexibility index (Phi) is 4.52. The van der Waals surface area contributed by atoms with Crippen molar-refractivity contribution in [3.05, 3.63) is 63.8 Å². The molecule has 0 fully saturated rings. The number of hydrogen-bond acceptors (Lipinski definition) is 6. The second-order valence-electron chi connectivity index (χ2n) is 6.50. The van der Waals surface area contributed by atoms with Gasteiger partial charge < -0.3 is 0 Å². The molecule has 0 spiro atoms. The van der Waals surface area contributed by atoms with Gasteiger partial charge in [-0.05, 0) is 24.6 Å². The van der Waals surface area contributed by atoms with Crippen LogP contribution in [0.25, 0.3) is 11.0 Å². The third-order valence-electron chi connectivity index (χ3n) is 4.36. The number of aromatic nitrogens is 5. The Bertz CT molecular complexity index is 1240. The lowest BCUT2D eigenvalue weighted by Crippen LogP contribution is -2.23. The van der Waals surface area contributed by atoms with Gasteiger partial charge in [-0.2, -0.15) is 5.10 Å². The number of hydrogen-bond donors (Lipinski definition) is 0. The first kappa shape index (κ1) is 18.1. The summed E-state index contributed by atoms with van der Waals surface area (Å²) in [5.41, 5.74) is 2.88. The normalized spacial score (nSPS) is 11.1. The topological polar surface area (TPSA) is 85.9 Å². The molecule has 0 aliphatic rings. The van der Waals surface area contributed by atoms with Crippen molar-refractivity contribution in [2.24, 2.45) is 7.05 Å². The molecule has 1 aromatic carbocycles. The standard InChI is InChI=1S/C19H18N6O2S/c1-12-5-4-6-15(7-12)25(13(2)26)19-22-14(10-28-19)9-24-11-20-17-16(18(24)27)8-21-23(17)3/h4-8,10-11H,9H2,1-3H3. The maximum atomic E-state index is 12.6. The van der Waals surface area contributed by atoms with E-state index in [0.717, 1.165) is 11.3 Å². The third-order valence-corrected chi connectivity index (χ3v) is 5.23. The molecule has 4 rings (SSSR count). The number of fused-ring (bicyclic) bond motifs is 1. The average molecular weight is 394 g/mol. The lowest BCUT2D eigenvalue weighted by Gasteiger charge is -2.18. The molecule has 9 heteroatoms. The van der Waals surface area contributed by atoms with Gasteiger partial charge in [0.1, 0.15) is 11.7 Å². The van der Waals surface area contributed by atoms with E-state index in [0.29, 0.717) is 21.9 Å². The molecule has 0 radical (unpaired) electrons. The van der Waals surface area contributed by atoms with Gasteiger partial charge in [0.15, 0.2) is 10.8 Å². The maximum absolute atomic E-state index is 12.6. The Labute approximate surface area is 164 Å². The van der Waals surface area contributed by atoms with Gasteiger partial charge in [-0.25, -0.2) is 9.97 Å². The monoisotopic (exact) mass is 394 g/mol. The molecule has 3 heterocycles. The fraction of sp³-hybridized carbons (Fsp3) is 0.211. The first-order valence-electron chi connectivity index (χ1n) is 8.63. The highest BCUT2D eigenvalue weighted by atomic mass is 32.1. The zero-order chi connectivity index (χ0) is 19.8. The molecule has 4 aromatic rings. The highest BCUT2D eigenvalue weighted by molar-refractivity contribution is 7.14. The number of nitrogens with zero attached hydrogens (tertiary/aromatic N) is 6. The third kappa shape index (κ3) is 3.20. The fourth-order valence-electron chi connectivity index (χ4n) is 3.02. The lowest BCUT2D eigenvalue weighted by atomic mass is 10.2. The van der Waals surface area contributed by atoms with E-state index in [9.17, 15) is 9.59 Å². The van der Waals surface area contributed by atoms with Crippen molar-refractivity contribution in [3.8, 4) is 0 Å². The molecule has 0 N–H and O–H groups in total. The van der Waals surface area contributed by atoms with E-state index in [1.165, 1.54) is 35.4 Å². The van der Waals surface area contributed by atoms with E-state index in [-0.39, 0.29) is 18.0 Å². The Morgan fingerprint density at radius 2 is 2.14 bits per heavy atom. The van der Waals surface area contributed by atoms with Crippen molar-refractivity contribution >= 4 is 39.1 Å². The van der Waals surface area contributed by atoms with Crippen molar-refractivity contribution in [3.63, 3.8) is 0 Å². The summed E-state index contributed by atoms with van der Waals surface area (Å²) in [5, 5.41) is 6.95. The summed E-state index contributed by atoms with van der Waals surface area (Å²) in [6.45, 7) is 3.75. The molecule has 0 aliphatic heterocycles. The SMILES string of the molecule is CC(=O)N(c1cccc(C)c1)c1nc(Cn2cnc3c(cnn3C)c2=O)cs1. The lowest BCUT2D eigenvalue weighted by molar-refractivity contribution is -0.115. The van der Waals surface area contributed by atoms with Crippen LogP contribution in [0.2, 0.25) is 0 Å². The van der Waals surface area contributed by atoms with Gasteiger partial charge in [0.2, 0.25) is 5.91 Å². The van der Waals surface area contributed by atoms with E-state index < -0.39 is 0 Å². The Morgan fingerprint density at radius 3 is 2.89 bits per heavy atom. The number of carbonyl (C=O) groups is 1. The largest absolute Gasteiger partial charge is 0.292 e. The second-order valence-corrected chi connectivity index (χ2v) is 7.33. The van der Waals surface area contributed by atoms with Gasteiger partial charge in [0.25, 0.3) is 5.56 Å². The number of thiazole rings is 1. The van der Waals surface area contributed by atoms with Crippen LogP contribution in [0.3, 0.4) is 0 Å². The Balaban J connectivity index is 1.66. The molecular formula is C19H18N6O2S. The molecule has 1 amide bonds. The van der Waals surface area contributed by atoms with Crippen molar-refractivity contribution in [1.82, 2.24) is 24.3 Å². The maximum Gasteiger partial charge on any atom is 0.264 e. The summed E-state index contributed by atoms with van der Waals surface area (Å²) in [7, 11) is 1.74. The predicted molar refractivity (Wildman–Crippen MR) is 108 cm³/mol. The zero-order valence-corrected chi connectivity index (χ0v) is 16.5. The van der Waals surface area contributed by atoms with Crippen molar-refractivity contribution in [1.29, 1.82) is 0 Å². The molecular weight excluding hydrogens is 376 g/mol. The van der Waals surface area contributed by atoms with Crippen molar-refractivity contribution in [2.75, 3.05) is 4.90 Å². The minimum absolute atomic E-state index is 0.123. The Morgan fingerprint density at radius 1 is 1.32 bits per heavy atom. The van der Waals surface area contributed by atoms with E-state index >= 15 is 0 Å². The molecule has 142 valence electrons. The fourth-order valence-corrected chi connectivity index (χ4v) is 3.90. The molecule has 0 bridgehead atoms. The minimum atomic E-state index is -0.172. The van der Waals surface area contributed by atoms with Gasteiger partial charge in [-0.1, -0.05) is 12.1 Å². The summed E-state index contributed by atoms with van der Waals surface area (Å²) in [5.74, 6) is -0.123. The molecule has 28 heavy (non-hydrogen) atoms. The molecule has 0 aliphatic carbocycles. The van der Waals surface area contributed by atoms with Crippen LogP contribution in [0.15, 0.2) is 47.0 Å². The van der Waals surface area contributed by atoms with Gasteiger partial charge in [-0.3, -0.25) is 23.7 Å². The van der Waals surface area contributed by atoms with Gasteiger partial charge in [0, 0.05) is 19.4 Å². The highest BCUT2D eigenvalue weighted by Crippen LogP contribution is 2.29. The summed E-state index contributed by atoms with van der Waals surface area (Å²) < 4.78 is 3.06. The van der Waals surface area contributed by atoms with Crippen LogP contribution in [0.5, 0.6) is 0 Å². The average Bonchev–Trinajstić information content (AvgIpc) is 3.25. The van der Waals surface area contributed by atoms with E-state index in [4.69, 9.17) is 0 Å². The number of amides is 1. The van der Waals surface area contributed by atoms with Gasteiger partial charge in [-0.15, -0.1) is 11.3 Å². The molecule has 8 nitrogen and oxygen atoms in total. The number of anilines is 2. The first-order valence-corrected chi connectivity index (χ1v) is 9.51. The summed E-state index contributed by atoms with van der Waals surface area (Å²) >= 11 is 1.36. The summed E-state index contributed by atoms with van der Waals surface area (Å²) in [6.07, 6.45) is 3.01. The molecule has 0 saturated heterocycles. The van der Waals surface area contributed by atoms with E-state index in [1.807, 2.05) is 36.6 Å². The Hall–Kier alpha value is -3.33. The van der Waals surface area contributed by atoms with Crippen LogP contribution in [0.1, 0.15) is 18.2 Å². The van der Waals surface area contributed by atoms with Crippen LogP contribution in [0, 0.1) is 6.92 Å². The van der Waals surface area contributed by atoms with Gasteiger partial charge in [0.05, 0.1) is 24.1 Å². The first-order chi connectivity index (χ1) is 13.4. The van der Waals surface area contributed by atoms with Crippen molar-refractivity contribution in [2.45, 2.75) is 20.4 Å². The minimum Gasteiger partial charge on any atom is -0.292 e. The van der Waals surface area contributed by atoms with Crippen LogP contribution in [-0.2, 0) is 18.4 Å². The van der Waals surface area contributed by atoms with Crippen molar-refractivity contribution < 1.29 is 4.79 Å². The predicted octanol–water partition coefficient (Wildman–Crippen LogP) is 2.63. The molecule has 0 unspecified atom stereocenters. The smallest absolute Gasteiger partial charge is 0.264 e. The molecule has 3 aromatic heterocycles. The zero-order valence-electron chi connectivity index (χ0n) is 15.7. The van der Waals surface area contributed by atoms with Gasteiger partial charge >= 0.3 is 0 Å². The molecule has 0 atom stereocenters. The second kappa shape index (κ2) is 7.01. The van der Waals surface area contributed by atoms with Crippen LogP contribution in [0.4, 0.5) is 10.8 Å². The summed E-state index contributed by atoms with van der Waals surface area (Å²) in [6, 6.07) is 7.69. The number of benzene rings is 1.